The van der Waals surface area contributed by atoms with Crippen molar-refractivity contribution in [3.63, 3.8) is 0 Å². The smallest absolute Gasteiger partial charge is 0.204 e. The van der Waals surface area contributed by atoms with Crippen LogP contribution in [0.3, 0.4) is 0 Å². The highest BCUT2D eigenvalue weighted by Crippen LogP contribution is 2.28. The van der Waals surface area contributed by atoms with Crippen LogP contribution >= 0.6 is 0 Å². The molecule has 0 fully saturated rings. The highest BCUT2D eigenvalue weighted by molar-refractivity contribution is 6.02. The molecule has 3 nitrogen and oxygen atoms in total. The van der Waals surface area contributed by atoms with Crippen LogP contribution in [0.2, 0.25) is 0 Å². The molecule has 3 aromatic rings. The van der Waals surface area contributed by atoms with Gasteiger partial charge in [-0.2, -0.15) is 5.26 Å². The highest BCUT2D eigenvalue weighted by atomic mass is 16.3. The lowest BCUT2D eigenvalue weighted by atomic mass is 10.2. The first-order chi connectivity index (χ1) is 6.88. The van der Waals surface area contributed by atoms with Crippen molar-refractivity contribution in [1.29, 1.82) is 5.26 Å². The van der Waals surface area contributed by atoms with E-state index in [1.165, 1.54) is 0 Å². The van der Waals surface area contributed by atoms with Crippen LogP contribution in [-0.4, -0.2) is 0 Å². The van der Waals surface area contributed by atoms with Gasteiger partial charge < -0.3 is 8.83 Å². The molecule has 0 atom stereocenters. The minimum Gasteiger partial charge on any atom is -0.464 e. The molecule has 0 N–H and O–H groups in total. The quantitative estimate of drug-likeness (QED) is 0.538. The monoisotopic (exact) mass is 183 g/mol. The molecule has 0 spiro atoms. The van der Waals surface area contributed by atoms with Gasteiger partial charge in [0, 0.05) is 11.5 Å². The Kier molecular flexibility index (Phi) is 1.23. The summed E-state index contributed by atoms with van der Waals surface area (Å²) in [4.78, 5) is 0. The number of nitriles is 1. The van der Waals surface area contributed by atoms with Gasteiger partial charge in [-0.3, -0.25) is 0 Å². The Labute approximate surface area is 79.1 Å². The fraction of sp³-hybridized carbons (Fsp3) is 0. The summed E-state index contributed by atoms with van der Waals surface area (Å²) in [5, 5.41) is 10.5. The van der Waals surface area contributed by atoms with E-state index in [0.717, 1.165) is 16.4 Å². The maximum atomic E-state index is 8.69. The van der Waals surface area contributed by atoms with E-state index >= 15 is 0 Å². The van der Waals surface area contributed by atoms with Crippen molar-refractivity contribution in [2.75, 3.05) is 0 Å². The first-order valence-corrected chi connectivity index (χ1v) is 4.18. The summed E-state index contributed by atoms with van der Waals surface area (Å²) in [6, 6.07) is 9.29. The van der Waals surface area contributed by atoms with E-state index in [0.29, 0.717) is 11.3 Å². The molecule has 0 radical (unpaired) electrons. The van der Waals surface area contributed by atoms with Gasteiger partial charge in [0.1, 0.15) is 17.2 Å². The zero-order valence-electron chi connectivity index (χ0n) is 7.15. The summed E-state index contributed by atoms with van der Waals surface area (Å²) in [5.41, 5.74) is 1.49. The predicted octanol–water partition coefficient (Wildman–Crippen LogP) is 3.05. The predicted molar refractivity (Wildman–Crippen MR) is 50.7 cm³/mol. The van der Waals surface area contributed by atoms with Gasteiger partial charge in [0.25, 0.3) is 0 Å². The SMILES string of the molecule is N#Cc1cc2ccc3occc3c2o1. The maximum Gasteiger partial charge on any atom is 0.204 e. The third kappa shape index (κ3) is 0.798. The first-order valence-electron chi connectivity index (χ1n) is 4.18. The van der Waals surface area contributed by atoms with E-state index in [4.69, 9.17) is 14.1 Å². The molecular formula is C11H5NO2. The van der Waals surface area contributed by atoms with Crippen molar-refractivity contribution in [3.8, 4) is 6.07 Å². The van der Waals surface area contributed by atoms with Crippen LogP contribution in [0.1, 0.15) is 5.76 Å². The summed E-state index contributed by atoms with van der Waals surface area (Å²) in [5.74, 6) is 0.328. The molecule has 0 aliphatic carbocycles. The van der Waals surface area contributed by atoms with E-state index in [1.807, 2.05) is 24.3 Å². The molecule has 1 aromatic carbocycles. The van der Waals surface area contributed by atoms with Gasteiger partial charge in [-0.1, -0.05) is 0 Å². The van der Waals surface area contributed by atoms with Crippen LogP contribution in [0.5, 0.6) is 0 Å². The Morgan fingerprint density at radius 1 is 1.21 bits per heavy atom. The van der Waals surface area contributed by atoms with Crippen LogP contribution in [0.4, 0.5) is 0 Å². The zero-order chi connectivity index (χ0) is 9.54. The Morgan fingerprint density at radius 3 is 3.00 bits per heavy atom. The van der Waals surface area contributed by atoms with Crippen molar-refractivity contribution in [3.05, 3.63) is 36.3 Å². The normalized spacial score (nSPS) is 10.8. The molecular weight excluding hydrogens is 178 g/mol. The van der Waals surface area contributed by atoms with Gasteiger partial charge in [0.15, 0.2) is 0 Å². The Morgan fingerprint density at radius 2 is 2.14 bits per heavy atom. The fourth-order valence-corrected chi connectivity index (χ4v) is 1.60. The van der Waals surface area contributed by atoms with E-state index in [1.54, 1.807) is 12.3 Å². The molecule has 0 aliphatic rings. The average molecular weight is 183 g/mol. The lowest BCUT2D eigenvalue weighted by Gasteiger charge is -1.88. The topological polar surface area (TPSA) is 50.1 Å². The second-order valence-electron chi connectivity index (χ2n) is 3.04. The number of hydrogen-bond donors (Lipinski definition) is 0. The third-order valence-corrected chi connectivity index (χ3v) is 2.23. The summed E-state index contributed by atoms with van der Waals surface area (Å²) < 4.78 is 10.6. The van der Waals surface area contributed by atoms with Crippen LogP contribution in [0.15, 0.2) is 39.4 Å². The summed E-state index contributed by atoms with van der Waals surface area (Å²) in [6.45, 7) is 0. The van der Waals surface area contributed by atoms with Crippen LogP contribution in [0, 0.1) is 11.3 Å². The second kappa shape index (κ2) is 2.39. The molecule has 0 unspecified atom stereocenters. The summed E-state index contributed by atoms with van der Waals surface area (Å²) >= 11 is 0. The number of fused-ring (bicyclic) bond motifs is 3. The van der Waals surface area contributed by atoms with Gasteiger partial charge in [-0.25, -0.2) is 0 Å². The van der Waals surface area contributed by atoms with E-state index < -0.39 is 0 Å². The lowest BCUT2D eigenvalue weighted by molar-refractivity contribution is 0.600. The van der Waals surface area contributed by atoms with Crippen molar-refractivity contribution >= 4 is 21.9 Å². The third-order valence-electron chi connectivity index (χ3n) is 2.23. The molecule has 0 aliphatic heterocycles. The number of furan rings is 2. The molecule has 3 rings (SSSR count). The minimum atomic E-state index is 0.328. The van der Waals surface area contributed by atoms with Crippen LogP contribution in [0.25, 0.3) is 21.9 Å². The molecule has 0 saturated carbocycles. The molecule has 0 saturated heterocycles. The van der Waals surface area contributed by atoms with Gasteiger partial charge in [0.05, 0.1) is 11.6 Å². The van der Waals surface area contributed by atoms with Gasteiger partial charge in [0.2, 0.25) is 5.76 Å². The standard InChI is InChI=1S/C11H5NO2/c12-6-8-5-7-1-2-10-9(3-4-13-10)11(7)14-8/h1-5H. The largest absolute Gasteiger partial charge is 0.464 e. The van der Waals surface area contributed by atoms with E-state index in [9.17, 15) is 0 Å². The molecule has 2 aromatic heterocycles. The zero-order valence-corrected chi connectivity index (χ0v) is 7.15. The molecule has 66 valence electrons. The van der Waals surface area contributed by atoms with E-state index in [2.05, 4.69) is 0 Å². The highest BCUT2D eigenvalue weighted by Gasteiger charge is 2.08. The molecule has 0 bridgehead atoms. The number of hydrogen-bond acceptors (Lipinski definition) is 3. The van der Waals surface area contributed by atoms with Gasteiger partial charge in [-0.15, -0.1) is 0 Å². The van der Waals surface area contributed by atoms with Crippen molar-refractivity contribution < 1.29 is 8.83 Å². The van der Waals surface area contributed by atoms with Gasteiger partial charge in [-0.05, 0) is 18.2 Å². The van der Waals surface area contributed by atoms with E-state index in [-0.39, 0.29) is 0 Å². The summed E-state index contributed by atoms with van der Waals surface area (Å²) in [6.07, 6.45) is 1.61. The minimum absolute atomic E-state index is 0.328. The van der Waals surface area contributed by atoms with Crippen molar-refractivity contribution in [1.82, 2.24) is 0 Å². The Bertz CT molecular complexity index is 655. The first kappa shape index (κ1) is 7.22. The molecule has 14 heavy (non-hydrogen) atoms. The number of benzene rings is 1. The van der Waals surface area contributed by atoms with Gasteiger partial charge >= 0.3 is 0 Å². The van der Waals surface area contributed by atoms with Crippen LogP contribution < -0.4 is 0 Å². The second-order valence-corrected chi connectivity index (χ2v) is 3.04. The molecule has 2 heterocycles. The maximum absolute atomic E-state index is 8.69. The van der Waals surface area contributed by atoms with Crippen molar-refractivity contribution in [2.45, 2.75) is 0 Å². The number of nitrogens with zero attached hydrogens (tertiary/aromatic N) is 1. The molecule has 0 amide bonds. The molecule has 3 heteroatoms. The summed E-state index contributed by atoms with van der Waals surface area (Å²) in [7, 11) is 0. The number of rotatable bonds is 0. The fourth-order valence-electron chi connectivity index (χ4n) is 1.60. The average Bonchev–Trinajstić information content (AvgIpc) is 2.82. The lowest BCUT2D eigenvalue weighted by Crippen LogP contribution is -1.64. The Balaban J connectivity index is 2.56. The van der Waals surface area contributed by atoms with Crippen LogP contribution in [-0.2, 0) is 0 Å². The Hall–Kier alpha value is -2.21. The van der Waals surface area contributed by atoms with Crippen molar-refractivity contribution in [2.24, 2.45) is 0 Å².